The average Bonchev–Trinajstić information content (AvgIpc) is 3.00. The van der Waals surface area contributed by atoms with Crippen molar-refractivity contribution in [3.63, 3.8) is 0 Å². The monoisotopic (exact) mass is 373 g/mol. The van der Waals surface area contributed by atoms with E-state index in [2.05, 4.69) is 9.46 Å². The fraction of sp³-hybridized carbons (Fsp3) is 0.250. The van der Waals surface area contributed by atoms with Gasteiger partial charge in [0, 0.05) is 18.5 Å². The molecule has 0 fully saturated rings. The summed E-state index contributed by atoms with van der Waals surface area (Å²) < 4.78 is 73.5. The molecule has 0 amide bonds. The van der Waals surface area contributed by atoms with Gasteiger partial charge in [-0.2, -0.15) is 0 Å². The molecule has 0 spiro atoms. The Hall–Kier alpha value is -2.26. The first-order chi connectivity index (χ1) is 11.7. The molecule has 0 aromatic heterocycles. The van der Waals surface area contributed by atoms with E-state index in [-0.39, 0.29) is 17.0 Å². The highest BCUT2D eigenvalue weighted by Crippen LogP contribution is 2.29. The van der Waals surface area contributed by atoms with Crippen LogP contribution in [0.25, 0.3) is 0 Å². The van der Waals surface area contributed by atoms with Crippen LogP contribution in [-0.4, -0.2) is 21.4 Å². The van der Waals surface area contributed by atoms with Crippen LogP contribution in [0, 0.1) is 0 Å². The molecule has 0 bridgehead atoms. The lowest BCUT2D eigenvalue weighted by molar-refractivity contribution is -0.274. The molecule has 1 aliphatic heterocycles. The summed E-state index contributed by atoms with van der Waals surface area (Å²) >= 11 is 0. The molecule has 0 saturated carbocycles. The average molecular weight is 373 g/mol. The van der Waals surface area contributed by atoms with Gasteiger partial charge in [-0.25, -0.2) is 13.1 Å². The van der Waals surface area contributed by atoms with Crippen molar-refractivity contribution in [1.29, 1.82) is 0 Å². The topological polar surface area (TPSA) is 64.6 Å². The van der Waals surface area contributed by atoms with E-state index >= 15 is 0 Å². The van der Waals surface area contributed by atoms with Crippen LogP contribution in [-0.2, 0) is 23.0 Å². The summed E-state index contributed by atoms with van der Waals surface area (Å²) in [7, 11) is -3.88. The van der Waals surface area contributed by atoms with Gasteiger partial charge in [0.2, 0.25) is 10.0 Å². The Morgan fingerprint density at radius 2 is 1.92 bits per heavy atom. The van der Waals surface area contributed by atoms with E-state index in [4.69, 9.17) is 4.74 Å². The van der Waals surface area contributed by atoms with E-state index < -0.39 is 22.1 Å². The van der Waals surface area contributed by atoms with Crippen molar-refractivity contribution in [2.45, 2.75) is 24.2 Å². The summed E-state index contributed by atoms with van der Waals surface area (Å²) in [4.78, 5) is 0.0333. The SMILES string of the molecule is O=S(=O)(NCc1ccccc1OC(F)(F)F)c1ccc2c(c1)CCO2. The third kappa shape index (κ3) is 4.23. The molecular weight excluding hydrogens is 359 g/mol. The predicted octanol–water partition coefficient (Wildman–Crippen LogP) is 3.00. The van der Waals surface area contributed by atoms with E-state index in [9.17, 15) is 21.6 Å². The fourth-order valence-corrected chi connectivity index (χ4v) is 3.52. The first-order valence-electron chi connectivity index (χ1n) is 7.34. The smallest absolute Gasteiger partial charge is 0.493 e. The second-order valence-electron chi connectivity index (χ2n) is 5.35. The second kappa shape index (κ2) is 6.57. The summed E-state index contributed by atoms with van der Waals surface area (Å²) in [5, 5.41) is 0. The quantitative estimate of drug-likeness (QED) is 0.875. The van der Waals surface area contributed by atoms with Crippen LogP contribution in [0.3, 0.4) is 0 Å². The number of para-hydroxylation sites is 1. The molecule has 9 heteroatoms. The zero-order valence-electron chi connectivity index (χ0n) is 12.8. The number of halogens is 3. The maximum atomic E-state index is 12.4. The number of alkyl halides is 3. The fourth-order valence-electron chi connectivity index (χ4n) is 2.46. The van der Waals surface area contributed by atoms with Gasteiger partial charge in [0.15, 0.2) is 0 Å². The van der Waals surface area contributed by atoms with Gasteiger partial charge >= 0.3 is 6.36 Å². The van der Waals surface area contributed by atoms with E-state index in [1.165, 1.54) is 30.3 Å². The third-order valence-electron chi connectivity index (χ3n) is 3.62. The molecule has 0 aliphatic carbocycles. The van der Waals surface area contributed by atoms with E-state index in [0.29, 0.717) is 18.8 Å². The first kappa shape index (κ1) is 17.6. The standard InChI is InChI=1S/C16H14F3NO4S/c17-16(18,19)24-15-4-2-1-3-12(15)10-20-25(21,22)13-5-6-14-11(9-13)7-8-23-14/h1-6,9,20H,7-8,10H2. The number of hydrogen-bond donors (Lipinski definition) is 1. The molecule has 0 saturated heterocycles. The van der Waals surface area contributed by atoms with Crippen molar-refractivity contribution in [1.82, 2.24) is 4.72 Å². The number of rotatable bonds is 5. The van der Waals surface area contributed by atoms with Crippen molar-refractivity contribution >= 4 is 10.0 Å². The highest BCUT2D eigenvalue weighted by Gasteiger charge is 2.32. The lowest BCUT2D eigenvalue weighted by Crippen LogP contribution is -2.24. The molecule has 1 N–H and O–H groups in total. The number of sulfonamides is 1. The third-order valence-corrected chi connectivity index (χ3v) is 5.02. The normalized spacial score (nSPS) is 14.0. The maximum absolute atomic E-state index is 12.4. The van der Waals surface area contributed by atoms with Crippen LogP contribution in [0.4, 0.5) is 13.2 Å². The van der Waals surface area contributed by atoms with Crippen molar-refractivity contribution < 1.29 is 31.1 Å². The Balaban J connectivity index is 1.77. The maximum Gasteiger partial charge on any atom is 0.573 e. The molecule has 0 radical (unpaired) electrons. The van der Waals surface area contributed by atoms with Crippen molar-refractivity contribution in [3.05, 3.63) is 53.6 Å². The van der Waals surface area contributed by atoms with E-state index in [1.807, 2.05) is 0 Å². The van der Waals surface area contributed by atoms with Crippen LogP contribution in [0.15, 0.2) is 47.4 Å². The second-order valence-corrected chi connectivity index (χ2v) is 7.12. The molecule has 134 valence electrons. The van der Waals surface area contributed by atoms with Gasteiger partial charge < -0.3 is 9.47 Å². The Morgan fingerprint density at radius 1 is 1.16 bits per heavy atom. The van der Waals surface area contributed by atoms with Crippen molar-refractivity contribution in [2.75, 3.05) is 6.61 Å². The number of nitrogens with one attached hydrogen (secondary N) is 1. The molecule has 0 atom stereocenters. The highest BCUT2D eigenvalue weighted by molar-refractivity contribution is 7.89. The van der Waals surface area contributed by atoms with Gasteiger partial charge in [-0.1, -0.05) is 18.2 Å². The van der Waals surface area contributed by atoms with Gasteiger partial charge in [0.1, 0.15) is 11.5 Å². The van der Waals surface area contributed by atoms with Gasteiger partial charge in [0.25, 0.3) is 0 Å². The van der Waals surface area contributed by atoms with Gasteiger partial charge in [-0.3, -0.25) is 0 Å². The Bertz CT molecular complexity index is 881. The lowest BCUT2D eigenvalue weighted by Gasteiger charge is -2.14. The minimum Gasteiger partial charge on any atom is -0.493 e. The minimum absolute atomic E-state index is 0.0333. The van der Waals surface area contributed by atoms with Gasteiger partial charge in [-0.15, -0.1) is 13.2 Å². The lowest BCUT2D eigenvalue weighted by atomic mass is 10.2. The van der Waals surface area contributed by atoms with E-state index in [1.54, 1.807) is 6.07 Å². The molecule has 5 nitrogen and oxygen atoms in total. The van der Waals surface area contributed by atoms with Crippen LogP contribution in [0.2, 0.25) is 0 Å². The zero-order valence-corrected chi connectivity index (χ0v) is 13.7. The molecule has 25 heavy (non-hydrogen) atoms. The minimum atomic E-state index is -4.85. The van der Waals surface area contributed by atoms with Gasteiger partial charge in [0.05, 0.1) is 11.5 Å². The largest absolute Gasteiger partial charge is 0.573 e. The predicted molar refractivity (Wildman–Crippen MR) is 82.8 cm³/mol. The Labute approximate surface area is 142 Å². The number of fused-ring (bicyclic) bond motifs is 1. The van der Waals surface area contributed by atoms with Crippen LogP contribution < -0.4 is 14.2 Å². The molecule has 1 aliphatic rings. The Kier molecular flexibility index (Phi) is 4.61. The molecule has 3 rings (SSSR count). The summed E-state index contributed by atoms with van der Waals surface area (Å²) in [6, 6.07) is 9.83. The van der Waals surface area contributed by atoms with Crippen molar-refractivity contribution in [3.8, 4) is 11.5 Å². The summed E-state index contributed by atoms with van der Waals surface area (Å²) in [5.74, 6) is 0.197. The zero-order chi connectivity index (χ0) is 18.1. The van der Waals surface area contributed by atoms with E-state index in [0.717, 1.165) is 11.6 Å². The van der Waals surface area contributed by atoms with Crippen molar-refractivity contribution in [2.24, 2.45) is 0 Å². The highest BCUT2D eigenvalue weighted by atomic mass is 32.2. The molecule has 2 aromatic rings. The number of hydrogen-bond acceptors (Lipinski definition) is 4. The summed E-state index contributed by atoms with van der Waals surface area (Å²) in [6.07, 6.45) is -4.24. The first-order valence-corrected chi connectivity index (χ1v) is 8.82. The Morgan fingerprint density at radius 3 is 2.68 bits per heavy atom. The summed E-state index contributed by atoms with van der Waals surface area (Å²) in [6.45, 7) is 0.163. The molecule has 0 unspecified atom stereocenters. The van der Waals surface area contributed by atoms with Crippen LogP contribution >= 0.6 is 0 Å². The molecule has 1 heterocycles. The number of benzene rings is 2. The van der Waals surface area contributed by atoms with Crippen LogP contribution in [0.5, 0.6) is 11.5 Å². The number of ether oxygens (including phenoxy) is 2. The van der Waals surface area contributed by atoms with Gasteiger partial charge in [-0.05, 0) is 29.8 Å². The molecular formula is C16H14F3NO4S. The van der Waals surface area contributed by atoms with Crippen LogP contribution in [0.1, 0.15) is 11.1 Å². The molecule has 2 aromatic carbocycles. The summed E-state index contributed by atoms with van der Waals surface area (Å²) in [5.41, 5.74) is 0.858.